The van der Waals surface area contributed by atoms with Gasteiger partial charge in [-0.15, -0.1) is 0 Å². The summed E-state index contributed by atoms with van der Waals surface area (Å²) >= 11 is 0. The van der Waals surface area contributed by atoms with Crippen LogP contribution >= 0.6 is 0 Å². The summed E-state index contributed by atoms with van der Waals surface area (Å²) in [7, 11) is 0. The predicted octanol–water partition coefficient (Wildman–Crippen LogP) is 3.05. The molecular formula is C25H25N3O4. The van der Waals surface area contributed by atoms with Crippen LogP contribution in [0.15, 0.2) is 78.9 Å². The van der Waals surface area contributed by atoms with Gasteiger partial charge in [-0.05, 0) is 35.4 Å². The molecule has 3 amide bonds. The van der Waals surface area contributed by atoms with E-state index in [0.717, 1.165) is 11.1 Å². The summed E-state index contributed by atoms with van der Waals surface area (Å²) in [6, 6.07) is 22.7. The van der Waals surface area contributed by atoms with Crippen LogP contribution in [0.2, 0.25) is 0 Å². The monoisotopic (exact) mass is 431 g/mol. The third-order valence-electron chi connectivity index (χ3n) is 4.74. The number of hydrogen-bond acceptors (Lipinski definition) is 4. The van der Waals surface area contributed by atoms with Gasteiger partial charge in [0.2, 0.25) is 11.8 Å². The summed E-state index contributed by atoms with van der Waals surface area (Å²) in [5.74, 6) is -0.756. The van der Waals surface area contributed by atoms with Crippen molar-refractivity contribution in [3.63, 3.8) is 0 Å². The number of carbonyl (C=O) groups is 3. The number of anilines is 1. The van der Waals surface area contributed by atoms with E-state index >= 15 is 0 Å². The summed E-state index contributed by atoms with van der Waals surface area (Å²) in [5.41, 5.74) is 8.01. The van der Waals surface area contributed by atoms with Gasteiger partial charge in [-0.3, -0.25) is 14.4 Å². The SMILES string of the molecule is CC(=O)Nc1ccccc1C(=O)N[C@@H](Cc1ccc(OCc2ccccc2)cc1)C(N)=O. The van der Waals surface area contributed by atoms with E-state index in [0.29, 0.717) is 18.0 Å². The molecule has 0 saturated heterocycles. The minimum Gasteiger partial charge on any atom is -0.489 e. The van der Waals surface area contributed by atoms with E-state index in [4.69, 9.17) is 10.5 Å². The molecule has 3 aromatic carbocycles. The molecule has 0 aromatic heterocycles. The average Bonchev–Trinajstić information content (AvgIpc) is 2.78. The van der Waals surface area contributed by atoms with E-state index in [1.54, 1.807) is 24.3 Å². The van der Waals surface area contributed by atoms with Gasteiger partial charge >= 0.3 is 0 Å². The average molecular weight is 431 g/mol. The topological polar surface area (TPSA) is 111 Å². The lowest BCUT2D eigenvalue weighted by atomic mass is 10.0. The van der Waals surface area contributed by atoms with Crippen molar-refractivity contribution in [3.8, 4) is 5.75 Å². The lowest BCUT2D eigenvalue weighted by molar-refractivity contribution is -0.119. The van der Waals surface area contributed by atoms with Crippen molar-refractivity contribution < 1.29 is 19.1 Å². The number of primary amides is 1. The van der Waals surface area contributed by atoms with Gasteiger partial charge in [-0.25, -0.2) is 0 Å². The zero-order chi connectivity index (χ0) is 22.9. The summed E-state index contributed by atoms with van der Waals surface area (Å²) in [6.07, 6.45) is 0.225. The first-order chi connectivity index (χ1) is 15.4. The van der Waals surface area contributed by atoms with Crippen LogP contribution in [0.3, 0.4) is 0 Å². The maximum Gasteiger partial charge on any atom is 0.254 e. The van der Waals surface area contributed by atoms with E-state index in [9.17, 15) is 14.4 Å². The van der Waals surface area contributed by atoms with E-state index in [1.165, 1.54) is 6.92 Å². The largest absolute Gasteiger partial charge is 0.489 e. The van der Waals surface area contributed by atoms with E-state index < -0.39 is 17.9 Å². The van der Waals surface area contributed by atoms with Crippen LogP contribution in [0.1, 0.15) is 28.4 Å². The highest BCUT2D eigenvalue weighted by atomic mass is 16.5. The molecule has 32 heavy (non-hydrogen) atoms. The Balaban J connectivity index is 1.63. The van der Waals surface area contributed by atoms with E-state index in [-0.39, 0.29) is 17.9 Å². The first-order valence-electron chi connectivity index (χ1n) is 10.1. The minimum atomic E-state index is -0.913. The summed E-state index contributed by atoms with van der Waals surface area (Å²) < 4.78 is 5.77. The molecule has 0 aliphatic carbocycles. The first kappa shape index (κ1) is 22.6. The maximum absolute atomic E-state index is 12.7. The third kappa shape index (κ3) is 6.43. The molecule has 0 fully saturated rings. The molecule has 0 aliphatic heterocycles. The Morgan fingerprint density at radius 1 is 0.875 bits per heavy atom. The highest BCUT2D eigenvalue weighted by molar-refractivity contribution is 6.04. The normalized spacial score (nSPS) is 11.3. The molecule has 0 heterocycles. The van der Waals surface area contributed by atoms with Crippen molar-refractivity contribution in [2.75, 3.05) is 5.32 Å². The Kier molecular flexibility index (Phi) is 7.59. The molecule has 0 spiro atoms. The molecule has 7 heteroatoms. The van der Waals surface area contributed by atoms with Gasteiger partial charge in [-0.2, -0.15) is 0 Å². The van der Waals surface area contributed by atoms with Gasteiger partial charge in [0.15, 0.2) is 0 Å². The second-order valence-electron chi connectivity index (χ2n) is 7.28. The Morgan fingerprint density at radius 3 is 2.19 bits per heavy atom. The van der Waals surface area contributed by atoms with Crippen LogP contribution in [0.5, 0.6) is 5.75 Å². The van der Waals surface area contributed by atoms with Gasteiger partial charge < -0.3 is 21.1 Å². The van der Waals surface area contributed by atoms with Crippen LogP contribution in [0.4, 0.5) is 5.69 Å². The number of benzene rings is 3. The van der Waals surface area contributed by atoms with Gasteiger partial charge in [0.1, 0.15) is 18.4 Å². The lowest BCUT2D eigenvalue weighted by Crippen LogP contribution is -2.46. The second kappa shape index (κ2) is 10.8. The summed E-state index contributed by atoms with van der Waals surface area (Å²) in [6.45, 7) is 1.81. The molecule has 0 aliphatic rings. The molecule has 3 aromatic rings. The van der Waals surface area contributed by atoms with Crippen molar-refractivity contribution in [2.45, 2.75) is 26.0 Å². The number of carbonyl (C=O) groups excluding carboxylic acids is 3. The van der Waals surface area contributed by atoms with Crippen LogP contribution in [-0.4, -0.2) is 23.8 Å². The van der Waals surface area contributed by atoms with E-state index in [2.05, 4.69) is 10.6 Å². The zero-order valence-electron chi connectivity index (χ0n) is 17.7. The third-order valence-corrected chi connectivity index (χ3v) is 4.74. The Morgan fingerprint density at radius 2 is 1.53 bits per heavy atom. The van der Waals surface area contributed by atoms with Gasteiger partial charge in [-0.1, -0.05) is 54.6 Å². The standard InChI is InChI=1S/C25H25N3O4/c1-17(29)27-22-10-6-5-9-21(22)25(31)28-23(24(26)30)15-18-11-13-20(14-12-18)32-16-19-7-3-2-4-8-19/h2-14,23H,15-16H2,1H3,(H2,26,30)(H,27,29)(H,28,31)/t23-/m0/s1. The number of ether oxygens (including phenoxy) is 1. The smallest absolute Gasteiger partial charge is 0.254 e. The summed E-state index contributed by atoms with van der Waals surface area (Å²) in [4.78, 5) is 36.1. The molecule has 4 N–H and O–H groups in total. The predicted molar refractivity (Wildman–Crippen MR) is 122 cm³/mol. The Labute approximate surface area is 186 Å². The van der Waals surface area contributed by atoms with Crippen LogP contribution in [0, 0.1) is 0 Å². The first-order valence-corrected chi connectivity index (χ1v) is 10.1. The number of rotatable bonds is 9. The maximum atomic E-state index is 12.7. The number of para-hydroxylation sites is 1. The highest BCUT2D eigenvalue weighted by Gasteiger charge is 2.21. The fourth-order valence-corrected chi connectivity index (χ4v) is 3.14. The quantitative estimate of drug-likeness (QED) is 0.484. The van der Waals surface area contributed by atoms with Crippen molar-refractivity contribution in [2.24, 2.45) is 5.73 Å². The molecule has 3 rings (SSSR count). The molecule has 164 valence electrons. The van der Waals surface area contributed by atoms with Crippen molar-refractivity contribution in [1.29, 1.82) is 0 Å². The fraction of sp³-hybridized carbons (Fsp3) is 0.160. The number of nitrogens with two attached hydrogens (primary N) is 1. The van der Waals surface area contributed by atoms with Crippen LogP contribution < -0.4 is 21.1 Å². The van der Waals surface area contributed by atoms with Crippen molar-refractivity contribution in [3.05, 3.63) is 95.6 Å². The summed E-state index contributed by atoms with van der Waals surface area (Å²) in [5, 5.41) is 5.27. The minimum absolute atomic E-state index is 0.225. The van der Waals surface area contributed by atoms with E-state index in [1.807, 2.05) is 54.6 Å². The number of hydrogen-bond donors (Lipinski definition) is 3. The number of nitrogens with one attached hydrogen (secondary N) is 2. The molecule has 0 unspecified atom stereocenters. The fourth-order valence-electron chi connectivity index (χ4n) is 3.14. The zero-order valence-corrected chi connectivity index (χ0v) is 17.7. The van der Waals surface area contributed by atoms with Crippen LogP contribution in [0.25, 0.3) is 0 Å². The Hall–Kier alpha value is -4.13. The highest BCUT2D eigenvalue weighted by Crippen LogP contribution is 2.17. The van der Waals surface area contributed by atoms with Gasteiger partial charge in [0.25, 0.3) is 5.91 Å². The Bertz CT molecular complexity index is 1080. The van der Waals surface area contributed by atoms with Crippen LogP contribution in [-0.2, 0) is 22.6 Å². The lowest BCUT2D eigenvalue weighted by Gasteiger charge is -2.17. The van der Waals surface area contributed by atoms with Crippen molar-refractivity contribution in [1.82, 2.24) is 5.32 Å². The van der Waals surface area contributed by atoms with Gasteiger partial charge in [0.05, 0.1) is 11.3 Å². The molecular weight excluding hydrogens is 406 g/mol. The number of amides is 3. The molecule has 0 bridgehead atoms. The van der Waals surface area contributed by atoms with Crippen molar-refractivity contribution >= 4 is 23.4 Å². The molecule has 7 nitrogen and oxygen atoms in total. The molecule has 0 saturated carbocycles. The van der Waals surface area contributed by atoms with Gasteiger partial charge in [0, 0.05) is 13.3 Å². The molecule has 0 radical (unpaired) electrons. The second-order valence-corrected chi connectivity index (χ2v) is 7.28. The molecule has 1 atom stereocenters.